The summed E-state index contributed by atoms with van der Waals surface area (Å²) in [6, 6.07) is 16.5. The summed E-state index contributed by atoms with van der Waals surface area (Å²) in [5.41, 5.74) is 11.4. The standard InChI is InChI=1S/C18H15N3S/c19-9-12-5-1-2-6-13(12)18-21-17(11-22-18)15-10-20-16-8-4-3-7-14(15)16/h1-8,10-11,20H,9,19H2. The van der Waals surface area contributed by atoms with Crippen LogP contribution in [-0.4, -0.2) is 9.97 Å². The van der Waals surface area contributed by atoms with Crippen LogP contribution in [0.3, 0.4) is 0 Å². The average Bonchev–Trinajstić information content (AvgIpc) is 3.21. The molecule has 108 valence electrons. The normalized spacial score (nSPS) is 11.1. The third-order valence-corrected chi connectivity index (χ3v) is 4.71. The number of nitrogens with zero attached hydrogens (tertiary/aromatic N) is 1. The molecule has 0 radical (unpaired) electrons. The molecule has 0 aliphatic heterocycles. The molecule has 0 atom stereocenters. The molecule has 2 aromatic carbocycles. The molecule has 2 heterocycles. The van der Waals surface area contributed by atoms with Gasteiger partial charge in [-0.1, -0.05) is 42.5 Å². The number of para-hydroxylation sites is 1. The highest BCUT2D eigenvalue weighted by Crippen LogP contribution is 2.33. The molecule has 4 rings (SSSR count). The highest BCUT2D eigenvalue weighted by molar-refractivity contribution is 7.13. The van der Waals surface area contributed by atoms with Gasteiger partial charge in [0.05, 0.1) is 5.69 Å². The Hall–Kier alpha value is -2.43. The van der Waals surface area contributed by atoms with E-state index in [-0.39, 0.29) is 0 Å². The van der Waals surface area contributed by atoms with Crippen molar-refractivity contribution < 1.29 is 0 Å². The van der Waals surface area contributed by atoms with Crippen LogP contribution < -0.4 is 5.73 Å². The maximum atomic E-state index is 5.84. The van der Waals surface area contributed by atoms with E-state index in [1.165, 1.54) is 5.39 Å². The lowest BCUT2D eigenvalue weighted by Crippen LogP contribution is -1.98. The van der Waals surface area contributed by atoms with Crippen molar-refractivity contribution >= 4 is 22.2 Å². The molecule has 2 aromatic heterocycles. The Morgan fingerprint density at radius 1 is 1.00 bits per heavy atom. The minimum Gasteiger partial charge on any atom is -0.360 e. The monoisotopic (exact) mass is 305 g/mol. The van der Waals surface area contributed by atoms with Crippen LogP contribution in [0.15, 0.2) is 60.1 Å². The van der Waals surface area contributed by atoms with E-state index in [1.54, 1.807) is 11.3 Å². The fraction of sp³-hybridized carbons (Fsp3) is 0.0556. The summed E-state index contributed by atoms with van der Waals surface area (Å²) in [6.07, 6.45) is 2.03. The molecule has 0 aliphatic carbocycles. The number of benzene rings is 2. The maximum Gasteiger partial charge on any atom is 0.124 e. The third kappa shape index (κ3) is 2.13. The van der Waals surface area contributed by atoms with Crippen molar-refractivity contribution in [2.24, 2.45) is 5.73 Å². The van der Waals surface area contributed by atoms with Crippen LogP contribution in [0.4, 0.5) is 0 Å². The van der Waals surface area contributed by atoms with E-state index in [4.69, 9.17) is 10.7 Å². The third-order valence-electron chi connectivity index (χ3n) is 3.84. The Labute approximate surface area is 132 Å². The maximum absolute atomic E-state index is 5.84. The van der Waals surface area contributed by atoms with E-state index < -0.39 is 0 Å². The summed E-state index contributed by atoms with van der Waals surface area (Å²) in [6.45, 7) is 0.526. The molecule has 0 saturated carbocycles. The van der Waals surface area contributed by atoms with Crippen molar-refractivity contribution in [3.05, 3.63) is 65.7 Å². The summed E-state index contributed by atoms with van der Waals surface area (Å²) in [5, 5.41) is 4.32. The van der Waals surface area contributed by atoms with Crippen LogP contribution in [0.5, 0.6) is 0 Å². The second-order valence-electron chi connectivity index (χ2n) is 5.15. The summed E-state index contributed by atoms with van der Waals surface area (Å²) in [4.78, 5) is 8.13. The first-order valence-corrected chi connectivity index (χ1v) is 8.05. The van der Waals surface area contributed by atoms with E-state index >= 15 is 0 Å². The van der Waals surface area contributed by atoms with E-state index in [0.29, 0.717) is 6.54 Å². The van der Waals surface area contributed by atoms with Gasteiger partial charge in [0.15, 0.2) is 0 Å². The van der Waals surface area contributed by atoms with Crippen molar-refractivity contribution in [2.75, 3.05) is 0 Å². The molecule has 0 amide bonds. The smallest absolute Gasteiger partial charge is 0.124 e. The first-order chi connectivity index (χ1) is 10.9. The molecule has 0 fully saturated rings. The van der Waals surface area contributed by atoms with Gasteiger partial charge in [0.2, 0.25) is 0 Å². The second-order valence-corrected chi connectivity index (χ2v) is 6.01. The predicted octanol–water partition coefficient (Wildman–Crippen LogP) is 4.42. The number of H-pyrrole nitrogens is 1. The Morgan fingerprint density at radius 2 is 1.82 bits per heavy atom. The lowest BCUT2D eigenvalue weighted by atomic mass is 10.1. The average molecular weight is 305 g/mol. The van der Waals surface area contributed by atoms with Crippen molar-refractivity contribution in [3.63, 3.8) is 0 Å². The Bertz CT molecular complexity index is 936. The number of thiazole rings is 1. The molecule has 4 heteroatoms. The minimum atomic E-state index is 0.526. The first kappa shape index (κ1) is 13.2. The summed E-state index contributed by atoms with van der Waals surface area (Å²) in [7, 11) is 0. The van der Waals surface area contributed by atoms with Crippen LogP contribution >= 0.6 is 11.3 Å². The number of rotatable bonds is 3. The van der Waals surface area contributed by atoms with Gasteiger partial charge in [0.25, 0.3) is 0 Å². The molecule has 3 N–H and O–H groups in total. The molecular formula is C18H15N3S. The SMILES string of the molecule is NCc1ccccc1-c1nc(-c2c[nH]c3ccccc23)cs1. The van der Waals surface area contributed by atoms with E-state index in [1.807, 2.05) is 24.4 Å². The summed E-state index contributed by atoms with van der Waals surface area (Å²) in [5.74, 6) is 0. The van der Waals surface area contributed by atoms with Crippen LogP contribution in [0.1, 0.15) is 5.56 Å². The highest BCUT2D eigenvalue weighted by atomic mass is 32.1. The second kappa shape index (κ2) is 5.40. The number of nitrogens with two attached hydrogens (primary N) is 1. The van der Waals surface area contributed by atoms with E-state index in [2.05, 4.69) is 40.7 Å². The number of hydrogen-bond donors (Lipinski definition) is 2. The molecule has 0 spiro atoms. The molecule has 0 bridgehead atoms. The molecular weight excluding hydrogens is 290 g/mol. The number of fused-ring (bicyclic) bond motifs is 1. The number of aromatic amines is 1. The van der Waals surface area contributed by atoms with Crippen LogP contribution in [0, 0.1) is 0 Å². The van der Waals surface area contributed by atoms with Gasteiger partial charge in [0.1, 0.15) is 5.01 Å². The zero-order chi connectivity index (χ0) is 14.9. The Morgan fingerprint density at radius 3 is 2.73 bits per heavy atom. The Kier molecular flexibility index (Phi) is 3.25. The zero-order valence-corrected chi connectivity index (χ0v) is 12.7. The quantitative estimate of drug-likeness (QED) is 0.589. The van der Waals surface area contributed by atoms with Gasteiger partial charge < -0.3 is 10.7 Å². The number of nitrogens with one attached hydrogen (secondary N) is 1. The van der Waals surface area contributed by atoms with Gasteiger partial charge >= 0.3 is 0 Å². The molecule has 3 nitrogen and oxygen atoms in total. The van der Waals surface area contributed by atoms with Crippen LogP contribution in [0.2, 0.25) is 0 Å². The minimum absolute atomic E-state index is 0.526. The van der Waals surface area contributed by atoms with Crippen molar-refractivity contribution in [3.8, 4) is 21.8 Å². The van der Waals surface area contributed by atoms with Crippen molar-refractivity contribution in [1.82, 2.24) is 9.97 Å². The molecule has 0 unspecified atom stereocenters. The fourth-order valence-electron chi connectivity index (χ4n) is 2.71. The van der Waals surface area contributed by atoms with E-state index in [0.717, 1.165) is 32.9 Å². The Balaban J connectivity index is 1.82. The lowest BCUT2D eigenvalue weighted by molar-refractivity contribution is 1.07. The van der Waals surface area contributed by atoms with Crippen molar-refractivity contribution in [1.29, 1.82) is 0 Å². The van der Waals surface area contributed by atoms with Gasteiger partial charge in [-0.2, -0.15) is 0 Å². The zero-order valence-electron chi connectivity index (χ0n) is 11.9. The van der Waals surface area contributed by atoms with Crippen LogP contribution in [-0.2, 0) is 6.54 Å². The molecule has 0 aliphatic rings. The van der Waals surface area contributed by atoms with Crippen molar-refractivity contribution in [2.45, 2.75) is 6.54 Å². The van der Waals surface area contributed by atoms with Gasteiger partial charge in [-0.25, -0.2) is 4.98 Å². The summed E-state index contributed by atoms with van der Waals surface area (Å²) < 4.78 is 0. The molecule has 22 heavy (non-hydrogen) atoms. The number of aromatic nitrogens is 2. The topological polar surface area (TPSA) is 54.7 Å². The number of hydrogen-bond acceptors (Lipinski definition) is 3. The molecule has 4 aromatic rings. The van der Waals surface area contributed by atoms with Gasteiger partial charge in [0, 0.05) is 40.2 Å². The highest BCUT2D eigenvalue weighted by Gasteiger charge is 2.12. The summed E-state index contributed by atoms with van der Waals surface area (Å²) >= 11 is 1.66. The van der Waals surface area contributed by atoms with Gasteiger partial charge in [-0.05, 0) is 11.6 Å². The molecule has 0 saturated heterocycles. The largest absolute Gasteiger partial charge is 0.360 e. The van der Waals surface area contributed by atoms with E-state index in [9.17, 15) is 0 Å². The van der Waals surface area contributed by atoms with Crippen LogP contribution in [0.25, 0.3) is 32.7 Å². The lowest BCUT2D eigenvalue weighted by Gasteiger charge is -2.03. The first-order valence-electron chi connectivity index (χ1n) is 7.17. The predicted molar refractivity (Wildman–Crippen MR) is 92.7 cm³/mol. The van der Waals surface area contributed by atoms with Gasteiger partial charge in [-0.15, -0.1) is 11.3 Å². The fourth-order valence-corrected chi connectivity index (χ4v) is 3.59. The van der Waals surface area contributed by atoms with Gasteiger partial charge in [-0.3, -0.25) is 0 Å².